The number of hydrogen-bond donors (Lipinski definition) is 1. The van der Waals surface area contributed by atoms with Crippen LogP contribution in [0.1, 0.15) is 12.0 Å². The molecule has 0 spiro atoms. The fourth-order valence-electron chi connectivity index (χ4n) is 1.61. The summed E-state index contributed by atoms with van der Waals surface area (Å²) >= 11 is 0. The van der Waals surface area contributed by atoms with Crippen LogP contribution < -0.4 is 10.5 Å². The number of carbonyl (C=O) groups is 1. The fraction of sp³-hybridized carbons (Fsp3) is 0.273. The summed E-state index contributed by atoms with van der Waals surface area (Å²) in [6, 6.07) is 5.47. The molecule has 1 aliphatic rings. The first-order valence-corrected chi connectivity index (χ1v) is 5.24. The molecule has 0 aromatic heterocycles. The van der Waals surface area contributed by atoms with E-state index in [-0.39, 0.29) is 17.7 Å². The predicted molar refractivity (Wildman–Crippen MR) is 58.3 cm³/mol. The van der Waals surface area contributed by atoms with E-state index in [1.807, 2.05) is 0 Å². The van der Waals surface area contributed by atoms with Gasteiger partial charge in [-0.2, -0.15) is 0 Å². The van der Waals surface area contributed by atoms with Crippen molar-refractivity contribution in [1.82, 2.24) is 0 Å². The van der Waals surface area contributed by atoms with Crippen LogP contribution in [0.25, 0.3) is 0 Å². The summed E-state index contributed by atoms with van der Waals surface area (Å²) in [6.45, 7) is 0. The SMILES string of the molecule is NC(=O)C1CC(c2ccccc2OC(F)(F)F)=NO1. The third-order valence-electron chi connectivity index (χ3n) is 2.41. The van der Waals surface area contributed by atoms with Crippen molar-refractivity contribution >= 4 is 11.6 Å². The number of primary amides is 1. The van der Waals surface area contributed by atoms with Crippen LogP contribution in [0.5, 0.6) is 5.75 Å². The molecule has 102 valence electrons. The van der Waals surface area contributed by atoms with Crippen molar-refractivity contribution in [2.45, 2.75) is 18.9 Å². The molecule has 0 fully saturated rings. The number of rotatable bonds is 3. The molecule has 2 N–H and O–H groups in total. The second-order valence-electron chi connectivity index (χ2n) is 3.78. The normalized spacial score (nSPS) is 18.7. The Bertz CT molecular complexity index is 528. The van der Waals surface area contributed by atoms with Crippen LogP contribution in [0.4, 0.5) is 13.2 Å². The zero-order valence-corrected chi connectivity index (χ0v) is 9.48. The van der Waals surface area contributed by atoms with Crippen LogP contribution in [-0.2, 0) is 9.63 Å². The third-order valence-corrected chi connectivity index (χ3v) is 2.41. The van der Waals surface area contributed by atoms with E-state index >= 15 is 0 Å². The lowest BCUT2D eigenvalue weighted by atomic mass is 10.0. The van der Waals surface area contributed by atoms with Gasteiger partial charge in [-0.15, -0.1) is 13.2 Å². The summed E-state index contributed by atoms with van der Waals surface area (Å²) in [5, 5.41) is 3.57. The Hall–Kier alpha value is -2.25. The summed E-state index contributed by atoms with van der Waals surface area (Å²) in [7, 11) is 0. The number of alkyl halides is 3. The Morgan fingerprint density at radius 3 is 2.68 bits per heavy atom. The van der Waals surface area contributed by atoms with Gasteiger partial charge in [0.2, 0.25) is 6.10 Å². The van der Waals surface area contributed by atoms with Gasteiger partial charge in [-0.3, -0.25) is 4.79 Å². The summed E-state index contributed by atoms with van der Waals surface area (Å²) in [5.41, 5.74) is 5.33. The van der Waals surface area contributed by atoms with Gasteiger partial charge in [0.25, 0.3) is 5.91 Å². The summed E-state index contributed by atoms with van der Waals surface area (Å²) in [6.07, 6.45) is -5.76. The van der Waals surface area contributed by atoms with E-state index in [2.05, 4.69) is 9.89 Å². The smallest absolute Gasteiger partial charge is 0.405 e. The molecule has 8 heteroatoms. The molecule has 1 atom stereocenters. The van der Waals surface area contributed by atoms with E-state index in [9.17, 15) is 18.0 Å². The molecule has 0 radical (unpaired) electrons. The van der Waals surface area contributed by atoms with Gasteiger partial charge in [-0.1, -0.05) is 17.3 Å². The van der Waals surface area contributed by atoms with Crippen LogP contribution in [0, 0.1) is 0 Å². The van der Waals surface area contributed by atoms with Gasteiger partial charge in [-0.05, 0) is 12.1 Å². The molecule has 1 aliphatic heterocycles. The predicted octanol–water partition coefficient (Wildman–Crippen LogP) is 1.56. The van der Waals surface area contributed by atoms with Gasteiger partial charge in [0.1, 0.15) is 5.75 Å². The summed E-state index contributed by atoms with van der Waals surface area (Å²) in [5.74, 6) is -1.13. The van der Waals surface area contributed by atoms with Gasteiger partial charge in [0, 0.05) is 12.0 Å². The Kier molecular flexibility index (Phi) is 3.32. The quantitative estimate of drug-likeness (QED) is 0.909. The molecule has 19 heavy (non-hydrogen) atoms. The first-order valence-electron chi connectivity index (χ1n) is 5.24. The second kappa shape index (κ2) is 4.79. The zero-order valence-electron chi connectivity index (χ0n) is 9.48. The van der Waals surface area contributed by atoms with Crippen LogP contribution in [0.2, 0.25) is 0 Å². The fourth-order valence-corrected chi connectivity index (χ4v) is 1.61. The molecule has 5 nitrogen and oxygen atoms in total. The van der Waals surface area contributed by atoms with Gasteiger partial charge in [-0.25, -0.2) is 0 Å². The molecule has 1 heterocycles. The molecule has 0 saturated heterocycles. The topological polar surface area (TPSA) is 73.9 Å². The number of carbonyl (C=O) groups excluding carboxylic acids is 1. The number of amides is 1. The van der Waals surface area contributed by atoms with Gasteiger partial charge < -0.3 is 15.3 Å². The van der Waals surface area contributed by atoms with Crippen LogP contribution in [0.15, 0.2) is 29.4 Å². The average Bonchev–Trinajstić information content (AvgIpc) is 2.76. The lowest BCUT2D eigenvalue weighted by molar-refractivity contribution is -0.274. The van der Waals surface area contributed by atoms with Crippen LogP contribution >= 0.6 is 0 Å². The lowest BCUT2D eigenvalue weighted by Crippen LogP contribution is -2.28. The average molecular weight is 274 g/mol. The highest BCUT2D eigenvalue weighted by Crippen LogP contribution is 2.29. The zero-order chi connectivity index (χ0) is 14.0. The molecule has 0 saturated carbocycles. The molecule has 0 aliphatic carbocycles. The lowest BCUT2D eigenvalue weighted by Gasteiger charge is -2.12. The Morgan fingerprint density at radius 2 is 2.11 bits per heavy atom. The number of ether oxygens (including phenoxy) is 1. The molecule has 2 rings (SSSR count). The first kappa shape index (κ1) is 13.2. The maximum atomic E-state index is 12.2. The molecule has 1 aromatic carbocycles. The number of para-hydroxylation sites is 1. The number of nitrogens with zero attached hydrogens (tertiary/aromatic N) is 1. The molecule has 1 amide bonds. The Morgan fingerprint density at radius 1 is 1.42 bits per heavy atom. The van der Waals surface area contributed by atoms with E-state index in [0.29, 0.717) is 0 Å². The molecule has 0 bridgehead atoms. The largest absolute Gasteiger partial charge is 0.573 e. The van der Waals surface area contributed by atoms with Crippen molar-refractivity contribution in [3.8, 4) is 5.75 Å². The number of hydrogen-bond acceptors (Lipinski definition) is 4. The van der Waals surface area contributed by atoms with E-state index in [0.717, 1.165) is 6.07 Å². The van der Waals surface area contributed by atoms with Crippen molar-refractivity contribution in [1.29, 1.82) is 0 Å². The number of oxime groups is 1. The number of halogens is 3. The molecule has 1 aromatic rings. The van der Waals surface area contributed by atoms with Crippen molar-refractivity contribution in [3.05, 3.63) is 29.8 Å². The Labute approximate surface area is 105 Å². The molecular formula is C11H9F3N2O3. The maximum Gasteiger partial charge on any atom is 0.573 e. The summed E-state index contributed by atoms with van der Waals surface area (Å²) in [4.78, 5) is 15.6. The van der Waals surface area contributed by atoms with Crippen LogP contribution in [-0.4, -0.2) is 24.1 Å². The minimum absolute atomic E-state index is 0.00750. The third kappa shape index (κ3) is 3.15. The summed E-state index contributed by atoms with van der Waals surface area (Å²) < 4.78 is 40.6. The van der Waals surface area contributed by atoms with Crippen molar-refractivity contribution in [2.24, 2.45) is 10.9 Å². The van der Waals surface area contributed by atoms with Crippen molar-refractivity contribution in [2.75, 3.05) is 0 Å². The van der Waals surface area contributed by atoms with E-state index < -0.39 is 24.1 Å². The minimum Gasteiger partial charge on any atom is -0.405 e. The Balaban J connectivity index is 2.24. The standard InChI is InChI=1S/C11H9F3N2O3/c12-11(13,14)18-8-4-2-1-3-6(8)7-5-9(10(15)17)19-16-7/h1-4,9H,5H2,(H2,15,17). The van der Waals surface area contributed by atoms with E-state index in [1.54, 1.807) is 0 Å². The second-order valence-corrected chi connectivity index (χ2v) is 3.78. The maximum absolute atomic E-state index is 12.2. The molecule has 1 unspecified atom stereocenters. The number of nitrogens with two attached hydrogens (primary N) is 1. The van der Waals surface area contributed by atoms with E-state index in [1.165, 1.54) is 18.2 Å². The minimum atomic E-state index is -4.81. The highest BCUT2D eigenvalue weighted by molar-refractivity contribution is 6.05. The highest BCUT2D eigenvalue weighted by Gasteiger charge is 2.34. The van der Waals surface area contributed by atoms with Crippen LogP contribution in [0.3, 0.4) is 0 Å². The molecular weight excluding hydrogens is 265 g/mol. The van der Waals surface area contributed by atoms with E-state index in [4.69, 9.17) is 10.6 Å². The first-order chi connectivity index (χ1) is 8.87. The monoisotopic (exact) mass is 274 g/mol. The van der Waals surface area contributed by atoms with Crippen molar-refractivity contribution < 1.29 is 27.5 Å². The van der Waals surface area contributed by atoms with Gasteiger partial charge >= 0.3 is 6.36 Å². The van der Waals surface area contributed by atoms with Crippen molar-refractivity contribution in [3.63, 3.8) is 0 Å². The highest BCUT2D eigenvalue weighted by atomic mass is 19.4. The number of benzene rings is 1. The van der Waals surface area contributed by atoms with Gasteiger partial charge in [0.15, 0.2) is 0 Å². The van der Waals surface area contributed by atoms with Gasteiger partial charge in [0.05, 0.1) is 5.71 Å².